The summed E-state index contributed by atoms with van der Waals surface area (Å²) in [4.78, 5) is 0. The second-order valence-electron chi connectivity index (χ2n) is 16.7. The molecule has 0 bridgehead atoms. The predicted molar refractivity (Wildman–Crippen MR) is 374 cm³/mol. The second kappa shape index (κ2) is 45.8. The largest absolute Gasteiger partial charge is 0.115 e. The molecule has 0 saturated heterocycles. The monoisotopic (exact) mass is 1080 g/mol. The minimum absolute atomic E-state index is 0.881. The van der Waals surface area contributed by atoms with E-state index in [-0.39, 0.29) is 0 Å². The van der Waals surface area contributed by atoms with Crippen LogP contribution in [0.4, 0.5) is 0 Å². The van der Waals surface area contributed by atoms with Gasteiger partial charge >= 0.3 is 0 Å². The SMILES string of the molecule is C#Cc1cc(C#CC)c2ccccc2c1.C#Cc1cc(C#CC)cc2ccccc12.CC.CC.CC.CC.CC.CC.Cc1ccc2ccccc2c1.Cc1ccc2ccccc2c1.Cc1cccc2ccccc12.Cc1ccccc1. The molecule has 11 aromatic carbocycles. The van der Waals surface area contributed by atoms with Crippen molar-refractivity contribution < 1.29 is 0 Å². The van der Waals surface area contributed by atoms with Gasteiger partial charge in [0.25, 0.3) is 0 Å². The molecule has 0 spiro atoms. The first-order valence-corrected chi connectivity index (χ1v) is 29.4. The van der Waals surface area contributed by atoms with Gasteiger partial charge in [0.15, 0.2) is 0 Å². The highest BCUT2D eigenvalue weighted by Crippen LogP contribution is 2.22. The van der Waals surface area contributed by atoms with E-state index in [1.807, 2.05) is 164 Å². The maximum atomic E-state index is 5.48. The van der Waals surface area contributed by atoms with Crippen molar-refractivity contribution in [2.75, 3.05) is 0 Å². The summed E-state index contributed by atoms with van der Waals surface area (Å²) in [5, 5.41) is 12.5. The molecule has 0 aliphatic rings. The molecule has 0 aliphatic carbocycles. The van der Waals surface area contributed by atoms with E-state index in [9.17, 15) is 0 Å². The normalized spacial score (nSPS) is 8.63. The zero-order chi connectivity index (χ0) is 61.5. The molecule has 0 atom stereocenters. The molecule has 0 saturated carbocycles. The number of aryl methyl sites for hydroxylation is 4. The first-order valence-electron chi connectivity index (χ1n) is 29.4. The fourth-order valence-electron chi connectivity index (χ4n) is 7.82. The summed E-state index contributed by atoms with van der Waals surface area (Å²) in [5.41, 5.74) is 9.09. The van der Waals surface area contributed by atoms with Crippen molar-refractivity contribution in [1.82, 2.24) is 0 Å². The third kappa shape index (κ3) is 25.8. The standard InChI is InChI=1S/2C15H10.3C11H10.C7H8.6C2H6/c1-3-7-12-10-13(4-2)15-9-6-5-8-14(15)11-12;1-3-7-13-10-12(4-2)11-14-8-5-6-9-15(13)14;1-9-5-4-7-10-6-2-3-8-11(9)10;2*1-9-6-7-10-4-2-3-5-11(10)8-9;1-7-5-3-2-4-6-7;6*1-2/h2*2,5-6,8-11H,1H3;3*2-8H,1H3;2-6H,1H3;6*1-2H3. The molecule has 0 aromatic heterocycles. The Labute approximate surface area is 499 Å². The van der Waals surface area contributed by atoms with Crippen LogP contribution in [-0.4, -0.2) is 0 Å². The van der Waals surface area contributed by atoms with Gasteiger partial charge in [-0.25, -0.2) is 0 Å². The van der Waals surface area contributed by atoms with Gasteiger partial charge in [0.1, 0.15) is 0 Å². The van der Waals surface area contributed by atoms with Crippen LogP contribution in [0.5, 0.6) is 0 Å². The number of hydrogen-bond donors (Lipinski definition) is 0. The Morgan fingerprint density at radius 2 is 0.622 bits per heavy atom. The molecule has 422 valence electrons. The van der Waals surface area contributed by atoms with Gasteiger partial charge in [0.05, 0.1) is 0 Å². The first-order chi connectivity index (χ1) is 40.2. The number of terminal acetylenes is 2. The minimum atomic E-state index is 0.881. The number of fused-ring (bicyclic) bond motifs is 5. The fraction of sp³-hybridized carbons (Fsp3) is 0.220. The van der Waals surface area contributed by atoms with Crippen molar-refractivity contribution >= 4 is 53.9 Å². The highest BCUT2D eigenvalue weighted by Gasteiger charge is 2.01. The molecular formula is C82H94. The van der Waals surface area contributed by atoms with Crippen LogP contribution >= 0.6 is 0 Å². The lowest BCUT2D eigenvalue weighted by Gasteiger charge is -2.01. The number of benzene rings is 11. The molecule has 0 heteroatoms. The van der Waals surface area contributed by atoms with Gasteiger partial charge in [-0.15, -0.1) is 24.7 Å². The van der Waals surface area contributed by atoms with Crippen molar-refractivity contribution in [3.8, 4) is 48.4 Å². The summed E-state index contributed by atoms with van der Waals surface area (Å²) in [6, 6.07) is 79.1. The van der Waals surface area contributed by atoms with Crippen LogP contribution in [0.1, 0.15) is 141 Å². The van der Waals surface area contributed by atoms with Gasteiger partial charge in [-0.05, 0) is 125 Å². The van der Waals surface area contributed by atoms with Crippen LogP contribution in [0.2, 0.25) is 0 Å². The maximum Gasteiger partial charge on any atom is 0.0336 e. The van der Waals surface area contributed by atoms with Crippen LogP contribution in [-0.2, 0) is 0 Å². The van der Waals surface area contributed by atoms with E-state index in [4.69, 9.17) is 12.8 Å². The van der Waals surface area contributed by atoms with Crippen molar-refractivity contribution in [1.29, 1.82) is 0 Å². The zero-order valence-electron chi connectivity index (χ0n) is 53.1. The first kappa shape index (κ1) is 73.0. The molecular weight excluding hydrogens is 985 g/mol. The van der Waals surface area contributed by atoms with E-state index in [0.29, 0.717) is 0 Å². The van der Waals surface area contributed by atoms with Crippen LogP contribution in [0.15, 0.2) is 231 Å². The molecule has 11 aromatic rings. The third-order valence-corrected chi connectivity index (χ3v) is 11.3. The van der Waals surface area contributed by atoms with Crippen molar-refractivity contribution in [2.45, 2.75) is 125 Å². The average Bonchev–Trinajstić information content (AvgIpc) is 3.67. The molecule has 0 amide bonds. The summed E-state index contributed by atoms with van der Waals surface area (Å²) in [6.45, 7) is 36.1. The number of rotatable bonds is 0. The van der Waals surface area contributed by atoms with Gasteiger partial charge in [0, 0.05) is 22.3 Å². The zero-order valence-corrected chi connectivity index (χ0v) is 53.1. The molecule has 0 radical (unpaired) electrons. The van der Waals surface area contributed by atoms with E-state index in [0.717, 1.165) is 43.8 Å². The van der Waals surface area contributed by atoms with Crippen LogP contribution in [0.3, 0.4) is 0 Å². The summed E-state index contributed by atoms with van der Waals surface area (Å²) >= 11 is 0. The molecule has 0 unspecified atom stereocenters. The molecule has 11 rings (SSSR count). The van der Waals surface area contributed by atoms with Crippen LogP contribution in [0.25, 0.3) is 53.9 Å². The summed E-state index contributed by atoms with van der Waals surface area (Å²) in [6.07, 6.45) is 10.9. The average molecular weight is 1080 g/mol. The molecule has 82 heavy (non-hydrogen) atoms. The smallest absolute Gasteiger partial charge is 0.0336 e. The van der Waals surface area contributed by atoms with Gasteiger partial charge in [-0.3, -0.25) is 0 Å². The Kier molecular flexibility index (Phi) is 40.7. The van der Waals surface area contributed by atoms with Crippen LogP contribution in [0, 0.1) is 76.1 Å². The topological polar surface area (TPSA) is 0 Å². The lowest BCUT2D eigenvalue weighted by molar-refractivity contribution is 1.48. The highest BCUT2D eigenvalue weighted by atomic mass is 14.0. The number of hydrogen-bond acceptors (Lipinski definition) is 0. The second-order valence-corrected chi connectivity index (χ2v) is 16.7. The highest BCUT2D eigenvalue weighted by molar-refractivity contribution is 5.91. The van der Waals surface area contributed by atoms with Crippen molar-refractivity contribution in [2.24, 2.45) is 0 Å². The quantitative estimate of drug-likeness (QED) is 0.133. The molecule has 0 nitrogen and oxygen atoms in total. The van der Waals surface area contributed by atoms with Gasteiger partial charge in [0.2, 0.25) is 0 Å². The molecule has 0 N–H and O–H groups in total. The molecule has 0 heterocycles. The summed E-state index contributed by atoms with van der Waals surface area (Å²) in [5.74, 6) is 17.2. The van der Waals surface area contributed by atoms with Crippen molar-refractivity contribution in [3.63, 3.8) is 0 Å². The Hall–Kier alpha value is -9.04. The van der Waals surface area contributed by atoms with Gasteiger partial charge < -0.3 is 0 Å². The fourth-order valence-corrected chi connectivity index (χ4v) is 7.82. The maximum absolute atomic E-state index is 5.48. The summed E-state index contributed by atoms with van der Waals surface area (Å²) in [7, 11) is 0. The lowest BCUT2D eigenvalue weighted by atomic mass is 10.0. The molecule has 0 aliphatic heterocycles. The lowest BCUT2D eigenvalue weighted by Crippen LogP contribution is -1.83. The van der Waals surface area contributed by atoms with Crippen LogP contribution < -0.4 is 0 Å². The van der Waals surface area contributed by atoms with E-state index < -0.39 is 0 Å². The van der Waals surface area contributed by atoms with E-state index in [1.165, 1.54) is 54.6 Å². The van der Waals surface area contributed by atoms with E-state index in [1.54, 1.807) is 0 Å². The predicted octanol–water partition coefficient (Wildman–Crippen LogP) is 24.0. The third-order valence-electron chi connectivity index (χ3n) is 11.3. The summed E-state index contributed by atoms with van der Waals surface area (Å²) < 4.78 is 0. The Balaban J connectivity index is 0.000000934. The van der Waals surface area contributed by atoms with Gasteiger partial charge in [-0.2, -0.15) is 0 Å². The minimum Gasteiger partial charge on any atom is -0.115 e. The van der Waals surface area contributed by atoms with E-state index in [2.05, 4.69) is 227 Å². The Morgan fingerprint density at radius 1 is 0.256 bits per heavy atom. The Bertz CT molecular complexity index is 3600. The Morgan fingerprint density at radius 3 is 1.04 bits per heavy atom. The molecule has 0 fully saturated rings. The van der Waals surface area contributed by atoms with E-state index >= 15 is 0 Å². The van der Waals surface area contributed by atoms with Crippen molar-refractivity contribution in [3.05, 3.63) is 275 Å². The van der Waals surface area contributed by atoms with Gasteiger partial charge in [-0.1, -0.05) is 330 Å².